The molecule has 1 unspecified atom stereocenters. The Morgan fingerprint density at radius 2 is 2.00 bits per heavy atom. The van der Waals surface area contributed by atoms with E-state index in [-0.39, 0.29) is 21.4 Å². The van der Waals surface area contributed by atoms with E-state index in [4.69, 9.17) is 33.0 Å². The molecule has 1 saturated heterocycles. The first kappa shape index (κ1) is 21.6. The highest BCUT2D eigenvalue weighted by molar-refractivity contribution is 6.36. The summed E-state index contributed by atoms with van der Waals surface area (Å²) in [5, 5.41) is 21.5. The van der Waals surface area contributed by atoms with E-state index >= 15 is 0 Å². The summed E-state index contributed by atoms with van der Waals surface area (Å²) in [4.78, 5) is 28.1. The first-order valence-corrected chi connectivity index (χ1v) is 9.00. The van der Waals surface area contributed by atoms with E-state index < -0.39 is 42.6 Å². The van der Waals surface area contributed by atoms with Crippen LogP contribution < -0.4 is 11.0 Å². The third-order valence-electron chi connectivity index (χ3n) is 4.43. The fourth-order valence-corrected chi connectivity index (χ4v) is 3.23. The molecule has 2 aromatic rings. The van der Waals surface area contributed by atoms with Gasteiger partial charge in [0.25, 0.3) is 5.91 Å². The minimum atomic E-state index is -3.83. The molecule has 29 heavy (non-hydrogen) atoms. The molecule has 1 aliphatic rings. The Labute approximate surface area is 172 Å². The fourth-order valence-electron chi connectivity index (χ4n) is 2.74. The number of nitrogens with zero attached hydrogens (tertiary/aromatic N) is 2. The summed E-state index contributed by atoms with van der Waals surface area (Å²) in [5.74, 6) is -4.71. The van der Waals surface area contributed by atoms with E-state index in [1.54, 1.807) is 6.92 Å². The zero-order valence-electron chi connectivity index (χ0n) is 14.8. The van der Waals surface area contributed by atoms with Crippen LogP contribution in [-0.2, 0) is 4.74 Å². The Hall–Kier alpha value is -2.11. The molecule has 1 amide bonds. The van der Waals surface area contributed by atoms with Crippen molar-refractivity contribution in [3.63, 3.8) is 0 Å². The Kier molecular flexibility index (Phi) is 5.93. The van der Waals surface area contributed by atoms with Gasteiger partial charge in [0.2, 0.25) is 6.23 Å². The van der Waals surface area contributed by atoms with Gasteiger partial charge >= 0.3 is 11.6 Å². The number of aliphatic hydroxyl groups excluding tert-OH is 2. The number of hydrogen-bond acceptors (Lipinski definition) is 6. The van der Waals surface area contributed by atoms with Crippen LogP contribution in [0.15, 0.2) is 29.2 Å². The van der Waals surface area contributed by atoms with Crippen LogP contribution in [0.4, 0.5) is 14.6 Å². The molecule has 3 N–H and O–H groups in total. The maximum absolute atomic E-state index is 14.2. The van der Waals surface area contributed by atoms with Crippen LogP contribution in [0.2, 0.25) is 10.0 Å². The first-order valence-electron chi connectivity index (χ1n) is 8.24. The molecule has 12 heteroatoms. The minimum absolute atomic E-state index is 0.108. The van der Waals surface area contributed by atoms with Crippen molar-refractivity contribution in [2.24, 2.45) is 0 Å². The van der Waals surface area contributed by atoms with Gasteiger partial charge in [-0.05, 0) is 30.7 Å². The average Bonchev–Trinajstić information content (AvgIpc) is 2.89. The van der Waals surface area contributed by atoms with Gasteiger partial charge in [-0.2, -0.15) is 13.8 Å². The lowest BCUT2D eigenvalue weighted by Gasteiger charge is -2.21. The molecule has 1 aromatic heterocycles. The van der Waals surface area contributed by atoms with Crippen LogP contribution in [0.5, 0.6) is 0 Å². The van der Waals surface area contributed by atoms with Crippen LogP contribution in [0.25, 0.3) is 0 Å². The van der Waals surface area contributed by atoms with Crippen molar-refractivity contribution in [1.29, 1.82) is 0 Å². The molecule has 2 heterocycles. The van der Waals surface area contributed by atoms with Gasteiger partial charge in [0, 0.05) is 21.8 Å². The molecular formula is C17H15Cl2F2N3O5. The van der Waals surface area contributed by atoms with Gasteiger partial charge in [-0.1, -0.05) is 23.2 Å². The van der Waals surface area contributed by atoms with Crippen molar-refractivity contribution >= 4 is 34.9 Å². The number of ether oxygens (including phenoxy) is 1. The number of benzene rings is 1. The zero-order valence-corrected chi connectivity index (χ0v) is 16.3. The molecule has 0 bridgehead atoms. The lowest BCUT2D eigenvalue weighted by atomic mass is 10.1. The topological polar surface area (TPSA) is 114 Å². The predicted molar refractivity (Wildman–Crippen MR) is 99.6 cm³/mol. The highest BCUT2D eigenvalue weighted by Gasteiger charge is 2.59. The van der Waals surface area contributed by atoms with Gasteiger partial charge in [0.15, 0.2) is 6.10 Å². The van der Waals surface area contributed by atoms with E-state index in [0.717, 1.165) is 12.3 Å². The van der Waals surface area contributed by atoms with Crippen molar-refractivity contribution in [2.45, 2.75) is 31.3 Å². The highest BCUT2D eigenvalue weighted by atomic mass is 35.5. The number of carbonyl (C=O) groups excluding carboxylic acids is 1. The maximum atomic E-state index is 14.2. The van der Waals surface area contributed by atoms with Crippen molar-refractivity contribution in [3.8, 4) is 0 Å². The summed E-state index contributed by atoms with van der Waals surface area (Å²) in [5.41, 5.74) is -0.458. The van der Waals surface area contributed by atoms with Crippen molar-refractivity contribution in [3.05, 3.63) is 56.1 Å². The SMILES string of the molecule is Cc1c(Cl)cc(C(=O)Nc2ccn(C3O[C@H](CO)[C@@H](O)C3(F)F)c(=O)n2)cc1Cl. The first-order chi connectivity index (χ1) is 13.6. The Bertz CT molecular complexity index is 994. The number of carbonyl (C=O) groups is 1. The van der Waals surface area contributed by atoms with E-state index in [2.05, 4.69) is 10.3 Å². The number of halogens is 4. The van der Waals surface area contributed by atoms with Crippen LogP contribution in [0, 0.1) is 6.92 Å². The fraction of sp³-hybridized carbons (Fsp3) is 0.353. The van der Waals surface area contributed by atoms with Crippen molar-refractivity contribution < 1.29 is 28.5 Å². The molecule has 0 saturated carbocycles. The Morgan fingerprint density at radius 1 is 1.38 bits per heavy atom. The highest BCUT2D eigenvalue weighted by Crippen LogP contribution is 2.42. The molecule has 3 rings (SSSR count). The van der Waals surface area contributed by atoms with Crippen LogP contribution in [0.3, 0.4) is 0 Å². The van der Waals surface area contributed by atoms with Gasteiger partial charge in [0.1, 0.15) is 11.9 Å². The zero-order chi connectivity index (χ0) is 21.5. The molecule has 0 aliphatic carbocycles. The monoisotopic (exact) mass is 449 g/mol. The van der Waals surface area contributed by atoms with Gasteiger partial charge in [-0.25, -0.2) is 4.79 Å². The number of aromatic nitrogens is 2. The summed E-state index contributed by atoms with van der Waals surface area (Å²) in [7, 11) is 0. The largest absolute Gasteiger partial charge is 0.394 e. The van der Waals surface area contributed by atoms with Gasteiger partial charge in [0.05, 0.1) is 6.61 Å². The number of nitrogens with one attached hydrogen (secondary N) is 1. The lowest BCUT2D eigenvalue weighted by Crippen LogP contribution is -2.41. The molecule has 3 atom stereocenters. The van der Waals surface area contributed by atoms with E-state index in [1.165, 1.54) is 12.1 Å². The number of anilines is 1. The smallest absolute Gasteiger partial charge is 0.351 e. The quantitative estimate of drug-likeness (QED) is 0.657. The molecule has 0 radical (unpaired) electrons. The summed E-state index contributed by atoms with van der Waals surface area (Å²) in [6.07, 6.45) is -5.07. The average molecular weight is 450 g/mol. The number of alkyl halides is 2. The van der Waals surface area contributed by atoms with Crippen molar-refractivity contribution in [1.82, 2.24) is 9.55 Å². The molecule has 1 aromatic carbocycles. The number of amides is 1. The molecule has 1 fully saturated rings. The summed E-state index contributed by atoms with van der Waals surface area (Å²) >= 11 is 12.0. The van der Waals surface area contributed by atoms with E-state index in [0.29, 0.717) is 10.1 Å². The maximum Gasteiger partial charge on any atom is 0.351 e. The number of hydrogen-bond donors (Lipinski definition) is 3. The standard InChI is InChI=1S/C17H15Cl2F2N3O5/c1-7-9(18)4-8(5-10(7)19)14(27)22-12-2-3-24(16(28)23-12)15-17(20,21)13(26)11(6-25)29-15/h2-5,11,13,15,25-26H,6H2,1H3,(H,22,23,27,28)/t11-,13-,15?/m1/s1. The predicted octanol–water partition coefficient (Wildman–Crippen LogP) is 2.00. The molecule has 8 nitrogen and oxygen atoms in total. The number of rotatable bonds is 4. The third kappa shape index (κ3) is 3.99. The molecule has 156 valence electrons. The lowest BCUT2D eigenvalue weighted by molar-refractivity contribution is -0.140. The van der Waals surface area contributed by atoms with E-state index in [9.17, 15) is 23.5 Å². The normalized spacial score (nSPS) is 23.2. The van der Waals surface area contributed by atoms with Gasteiger partial charge in [-0.15, -0.1) is 0 Å². The second-order valence-corrected chi connectivity index (χ2v) is 7.16. The van der Waals surface area contributed by atoms with Crippen LogP contribution in [-0.4, -0.2) is 50.4 Å². The summed E-state index contributed by atoms with van der Waals surface area (Å²) in [6, 6.07) is 3.86. The second-order valence-electron chi connectivity index (χ2n) is 6.35. The molecule has 0 spiro atoms. The minimum Gasteiger partial charge on any atom is -0.394 e. The summed E-state index contributed by atoms with van der Waals surface area (Å²) in [6.45, 7) is 0.817. The van der Waals surface area contributed by atoms with Crippen molar-refractivity contribution in [2.75, 3.05) is 11.9 Å². The Morgan fingerprint density at radius 3 is 2.52 bits per heavy atom. The third-order valence-corrected chi connectivity index (χ3v) is 5.21. The summed E-state index contributed by atoms with van der Waals surface area (Å²) < 4.78 is 33.7. The van der Waals surface area contributed by atoms with Gasteiger partial charge in [-0.3, -0.25) is 9.36 Å². The number of aliphatic hydroxyl groups is 2. The molecule has 1 aliphatic heterocycles. The van der Waals surface area contributed by atoms with Crippen LogP contribution >= 0.6 is 23.2 Å². The van der Waals surface area contributed by atoms with E-state index in [1.807, 2.05) is 0 Å². The van der Waals surface area contributed by atoms with Crippen LogP contribution in [0.1, 0.15) is 22.1 Å². The van der Waals surface area contributed by atoms with Gasteiger partial charge < -0.3 is 20.3 Å². The molecular weight excluding hydrogens is 435 g/mol. The Balaban J connectivity index is 1.83. The second kappa shape index (κ2) is 7.96.